The van der Waals surface area contributed by atoms with Crippen LogP contribution in [0.25, 0.3) is 0 Å². The Hall–Kier alpha value is -1.59. The minimum atomic E-state index is -0.765. The van der Waals surface area contributed by atoms with E-state index in [4.69, 9.17) is 14.2 Å². The summed E-state index contributed by atoms with van der Waals surface area (Å²) in [5, 5.41) is 0. The molecule has 1 atom stereocenters. The van der Waals surface area contributed by atoms with Gasteiger partial charge in [0.05, 0.1) is 0 Å². The lowest BCUT2D eigenvalue weighted by atomic mass is 10.0. The van der Waals surface area contributed by atoms with Crippen molar-refractivity contribution >= 4 is 17.9 Å². The summed E-state index contributed by atoms with van der Waals surface area (Å²) in [5.41, 5.74) is 0. The highest BCUT2D eigenvalue weighted by atomic mass is 16.6. The highest BCUT2D eigenvalue weighted by molar-refractivity contribution is 5.71. The molecule has 0 aromatic heterocycles. The fourth-order valence-corrected chi connectivity index (χ4v) is 10.4. The second-order valence-electron chi connectivity index (χ2n) is 24.5. The molecule has 0 aromatic carbocycles. The average Bonchev–Trinajstić information content (AvgIpc) is 3.35. The molecule has 0 saturated carbocycles. The summed E-state index contributed by atoms with van der Waals surface area (Å²) in [6.45, 7) is 13.8. The minimum Gasteiger partial charge on any atom is -0.462 e. The van der Waals surface area contributed by atoms with E-state index in [9.17, 15) is 14.4 Å². The Morgan fingerprint density at radius 2 is 0.397 bits per heavy atom. The number of ether oxygens (including phenoxy) is 3. The molecule has 0 amide bonds. The van der Waals surface area contributed by atoms with Gasteiger partial charge in [0.2, 0.25) is 0 Å². The van der Waals surface area contributed by atoms with Gasteiger partial charge in [0.1, 0.15) is 13.2 Å². The van der Waals surface area contributed by atoms with Crippen LogP contribution >= 0.6 is 0 Å². The van der Waals surface area contributed by atoms with Gasteiger partial charge in [0, 0.05) is 19.3 Å². The predicted molar refractivity (Wildman–Crippen MR) is 316 cm³/mol. The van der Waals surface area contributed by atoms with Crippen LogP contribution in [0.4, 0.5) is 0 Å². The topological polar surface area (TPSA) is 78.9 Å². The quantitative estimate of drug-likeness (QED) is 0.0343. The Labute approximate surface area is 457 Å². The first-order valence-electron chi connectivity index (χ1n) is 33.1. The molecule has 0 aliphatic carbocycles. The summed E-state index contributed by atoms with van der Waals surface area (Å²) >= 11 is 0. The normalized spacial score (nSPS) is 12.1. The van der Waals surface area contributed by atoms with Crippen LogP contribution in [0.1, 0.15) is 375 Å². The van der Waals surface area contributed by atoms with Crippen molar-refractivity contribution in [3.8, 4) is 0 Å². The summed E-state index contributed by atoms with van der Waals surface area (Å²) in [6.07, 6.45) is 64.0. The molecule has 0 N–H and O–H groups in total. The molecule has 434 valence electrons. The van der Waals surface area contributed by atoms with E-state index in [0.29, 0.717) is 19.3 Å². The van der Waals surface area contributed by atoms with Crippen LogP contribution in [0.15, 0.2) is 0 Å². The molecule has 0 aromatic rings. The fourth-order valence-electron chi connectivity index (χ4n) is 10.4. The Bertz CT molecular complexity index is 1130. The molecule has 0 saturated heterocycles. The smallest absolute Gasteiger partial charge is 0.306 e. The molecular formula is C67H130O6. The van der Waals surface area contributed by atoms with Gasteiger partial charge >= 0.3 is 17.9 Å². The zero-order valence-electron chi connectivity index (χ0n) is 50.4. The van der Waals surface area contributed by atoms with E-state index in [1.807, 2.05) is 0 Å². The zero-order chi connectivity index (χ0) is 53.3. The van der Waals surface area contributed by atoms with Gasteiger partial charge in [-0.2, -0.15) is 0 Å². The third-order valence-electron chi connectivity index (χ3n) is 15.4. The van der Waals surface area contributed by atoms with Crippen LogP contribution in [0.2, 0.25) is 0 Å². The number of unbranched alkanes of at least 4 members (excludes halogenated alkanes) is 43. The molecule has 73 heavy (non-hydrogen) atoms. The van der Waals surface area contributed by atoms with Crippen molar-refractivity contribution in [3.63, 3.8) is 0 Å². The number of hydrogen-bond acceptors (Lipinski definition) is 6. The van der Waals surface area contributed by atoms with Crippen LogP contribution < -0.4 is 0 Å². The first-order valence-corrected chi connectivity index (χ1v) is 33.1. The lowest BCUT2D eigenvalue weighted by molar-refractivity contribution is -0.167. The van der Waals surface area contributed by atoms with E-state index in [1.165, 1.54) is 257 Å². The molecule has 0 radical (unpaired) electrons. The largest absolute Gasteiger partial charge is 0.462 e. The molecule has 0 fully saturated rings. The van der Waals surface area contributed by atoms with Crippen molar-refractivity contribution in [2.75, 3.05) is 13.2 Å². The van der Waals surface area contributed by atoms with Crippen molar-refractivity contribution in [3.05, 3.63) is 0 Å². The number of carbonyl (C=O) groups excluding carboxylic acids is 3. The zero-order valence-corrected chi connectivity index (χ0v) is 50.4. The molecule has 6 nitrogen and oxygen atoms in total. The molecule has 0 aliphatic rings. The average molecular weight is 1030 g/mol. The van der Waals surface area contributed by atoms with Crippen LogP contribution in [0, 0.1) is 17.8 Å². The van der Waals surface area contributed by atoms with Gasteiger partial charge < -0.3 is 14.2 Å². The number of carbonyl (C=O) groups is 3. The Balaban J connectivity index is 4.24. The van der Waals surface area contributed by atoms with Gasteiger partial charge in [-0.3, -0.25) is 14.4 Å². The van der Waals surface area contributed by atoms with Gasteiger partial charge in [0.15, 0.2) is 6.10 Å². The van der Waals surface area contributed by atoms with Gasteiger partial charge in [-0.15, -0.1) is 0 Å². The van der Waals surface area contributed by atoms with Gasteiger partial charge in [-0.1, -0.05) is 337 Å². The van der Waals surface area contributed by atoms with E-state index in [-0.39, 0.29) is 31.1 Å². The van der Waals surface area contributed by atoms with E-state index in [1.54, 1.807) is 0 Å². The Morgan fingerprint density at radius 3 is 0.589 bits per heavy atom. The maximum Gasteiger partial charge on any atom is 0.306 e. The highest BCUT2D eigenvalue weighted by Gasteiger charge is 2.19. The van der Waals surface area contributed by atoms with Crippen molar-refractivity contribution in [2.24, 2.45) is 17.8 Å². The van der Waals surface area contributed by atoms with Crippen LogP contribution in [0.5, 0.6) is 0 Å². The Kier molecular flexibility index (Phi) is 56.8. The lowest BCUT2D eigenvalue weighted by Gasteiger charge is -2.18. The second kappa shape index (κ2) is 58.1. The monoisotopic (exact) mass is 1030 g/mol. The predicted octanol–water partition coefficient (Wildman–Crippen LogP) is 22.2. The van der Waals surface area contributed by atoms with E-state index < -0.39 is 6.10 Å². The molecule has 6 heteroatoms. The van der Waals surface area contributed by atoms with Gasteiger partial charge in [0.25, 0.3) is 0 Å². The molecule has 0 spiro atoms. The standard InChI is InChI=1S/C67H130O6/c1-61(2)53-47-41-35-29-23-19-15-11-7-9-13-17-21-25-32-38-44-50-56-65(68)71-59-64(60-72-66(69)57-51-45-39-33-28-27-31-37-43-49-55-63(5)6)73-67(70)58-52-46-40-34-26-22-18-14-10-8-12-16-20-24-30-36-42-48-54-62(3)4/h61-64H,7-60H2,1-6H3/t64-/m1/s1. The van der Waals surface area contributed by atoms with Crippen LogP contribution in [0.3, 0.4) is 0 Å². The third-order valence-corrected chi connectivity index (χ3v) is 15.4. The molecular weight excluding hydrogens is 901 g/mol. The molecule has 0 heterocycles. The summed E-state index contributed by atoms with van der Waals surface area (Å²) < 4.78 is 17.0. The van der Waals surface area contributed by atoms with Gasteiger partial charge in [-0.05, 0) is 37.0 Å². The summed E-state index contributed by atoms with van der Waals surface area (Å²) in [7, 11) is 0. The van der Waals surface area contributed by atoms with Crippen molar-refractivity contribution in [1.29, 1.82) is 0 Å². The molecule has 0 rings (SSSR count). The summed E-state index contributed by atoms with van der Waals surface area (Å²) in [5.74, 6) is 1.70. The maximum atomic E-state index is 12.9. The van der Waals surface area contributed by atoms with E-state index in [0.717, 1.165) is 75.5 Å². The third kappa shape index (κ3) is 61.1. The van der Waals surface area contributed by atoms with Crippen LogP contribution in [-0.4, -0.2) is 37.2 Å². The summed E-state index contributed by atoms with van der Waals surface area (Å²) in [6, 6.07) is 0. The molecule has 0 unspecified atom stereocenters. The van der Waals surface area contributed by atoms with Crippen molar-refractivity contribution in [1.82, 2.24) is 0 Å². The van der Waals surface area contributed by atoms with Gasteiger partial charge in [-0.25, -0.2) is 0 Å². The first kappa shape index (κ1) is 71.4. The maximum absolute atomic E-state index is 12.9. The number of esters is 3. The summed E-state index contributed by atoms with van der Waals surface area (Å²) in [4.78, 5) is 38.3. The minimum absolute atomic E-state index is 0.0625. The van der Waals surface area contributed by atoms with E-state index >= 15 is 0 Å². The lowest BCUT2D eigenvalue weighted by Crippen LogP contribution is -2.30. The van der Waals surface area contributed by atoms with E-state index in [2.05, 4.69) is 41.5 Å². The SMILES string of the molecule is CC(C)CCCCCCCCCCCCCCCCCCCCC(=O)OC[C@H](COC(=O)CCCCCCCCCCCCC(C)C)OC(=O)CCCCCCCCCCCCCCCCCCCCC(C)C. The highest BCUT2D eigenvalue weighted by Crippen LogP contribution is 2.19. The first-order chi connectivity index (χ1) is 35.6. The number of hydrogen-bond donors (Lipinski definition) is 0. The van der Waals surface area contributed by atoms with Crippen molar-refractivity contribution < 1.29 is 28.6 Å². The van der Waals surface area contributed by atoms with Crippen molar-refractivity contribution in [2.45, 2.75) is 382 Å². The second-order valence-corrected chi connectivity index (χ2v) is 24.5. The van der Waals surface area contributed by atoms with Crippen LogP contribution in [-0.2, 0) is 28.6 Å². The Morgan fingerprint density at radius 1 is 0.233 bits per heavy atom. The molecule has 0 aliphatic heterocycles. The molecule has 0 bridgehead atoms. The fraction of sp³-hybridized carbons (Fsp3) is 0.955. The number of rotatable bonds is 60.